The number of phenolic OH excluding ortho intramolecular Hbond substituents is 1. The summed E-state index contributed by atoms with van der Waals surface area (Å²) in [5.41, 5.74) is 8.39. The van der Waals surface area contributed by atoms with Gasteiger partial charge in [-0.05, 0) is 47.9 Å². The minimum Gasteiger partial charge on any atom is -0.506 e. The van der Waals surface area contributed by atoms with Gasteiger partial charge in [-0.3, -0.25) is 0 Å². The van der Waals surface area contributed by atoms with Crippen LogP contribution in [0.5, 0.6) is 5.75 Å². The molecule has 0 heterocycles. The topological polar surface area (TPSA) is 83.0 Å². The Balaban J connectivity index is 2.08. The van der Waals surface area contributed by atoms with E-state index in [9.17, 15) is 5.11 Å². The van der Waals surface area contributed by atoms with Gasteiger partial charge < -0.3 is 16.2 Å². The fraction of sp³-hybridized carbons (Fsp3) is 0.0588. The van der Waals surface area contributed by atoms with Crippen LogP contribution in [0.2, 0.25) is 0 Å². The number of anilines is 2. The molecule has 3 aromatic carbocycles. The van der Waals surface area contributed by atoms with Crippen LogP contribution >= 0.6 is 0 Å². The SMILES string of the molecule is CNc1ccc2ccc(O)c(N=Nc3ccc(N)cc3)c2c1. The fourth-order valence-electron chi connectivity index (χ4n) is 2.20. The van der Waals surface area contributed by atoms with Gasteiger partial charge in [0.25, 0.3) is 0 Å². The first-order chi connectivity index (χ1) is 10.7. The number of azo groups is 1. The minimum absolute atomic E-state index is 0.0972. The molecule has 0 radical (unpaired) electrons. The highest BCUT2D eigenvalue weighted by Crippen LogP contribution is 2.37. The molecule has 0 spiro atoms. The summed E-state index contributed by atoms with van der Waals surface area (Å²) in [4.78, 5) is 0. The molecule has 4 N–H and O–H groups in total. The minimum atomic E-state index is 0.0972. The Morgan fingerprint density at radius 1 is 0.955 bits per heavy atom. The summed E-state index contributed by atoms with van der Waals surface area (Å²) in [6.07, 6.45) is 0. The van der Waals surface area contributed by atoms with E-state index in [1.54, 1.807) is 30.3 Å². The Hall–Kier alpha value is -3.08. The molecule has 0 aliphatic carbocycles. The van der Waals surface area contributed by atoms with Gasteiger partial charge in [0.15, 0.2) is 0 Å². The molecule has 0 aromatic heterocycles. The third-order valence-electron chi connectivity index (χ3n) is 3.42. The van der Waals surface area contributed by atoms with Crippen LogP contribution < -0.4 is 11.1 Å². The van der Waals surface area contributed by atoms with Crippen molar-refractivity contribution in [2.75, 3.05) is 18.1 Å². The van der Waals surface area contributed by atoms with Crippen molar-refractivity contribution in [3.63, 3.8) is 0 Å². The number of nitrogens with two attached hydrogens (primary N) is 1. The van der Waals surface area contributed by atoms with Crippen molar-refractivity contribution in [3.8, 4) is 5.75 Å². The number of nitrogen functional groups attached to an aromatic ring is 1. The molecule has 0 saturated heterocycles. The number of benzene rings is 3. The fourth-order valence-corrected chi connectivity index (χ4v) is 2.20. The van der Waals surface area contributed by atoms with Crippen LogP contribution in [0.4, 0.5) is 22.7 Å². The Labute approximate surface area is 128 Å². The van der Waals surface area contributed by atoms with Crippen molar-refractivity contribution in [1.82, 2.24) is 0 Å². The first-order valence-corrected chi connectivity index (χ1v) is 6.88. The van der Waals surface area contributed by atoms with E-state index in [1.807, 2.05) is 31.3 Å². The van der Waals surface area contributed by atoms with Gasteiger partial charge in [0, 0.05) is 23.8 Å². The van der Waals surface area contributed by atoms with Crippen LogP contribution in [-0.2, 0) is 0 Å². The quantitative estimate of drug-likeness (QED) is 0.488. The first-order valence-electron chi connectivity index (χ1n) is 6.88. The number of hydrogen-bond donors (Lipinski definition) is 3. The van der Waals surface area contributed by atoms with Gasteiger partial charge in [0.1, 0.15) is 11.4 Å². The van der Waals surface area contributed by atoms with Crippen molar-refractivity contribution in [3.05, 3.63) is 54.6 Å². The van der Waals surface area contributed by atoms with E-state index in [-0.39, 0.29) is 5.75 Å². The Kier molecular flexibility index (Phi) is 3.62. The third kappa shape index (κ3) is 2.69. The van der Waals surface area contributed by atoms with Crippen LogP contribution in [0, 0.1) is 0 Å². The number of aromatic hydroxyl groups is 1. The predicted octanol–water partition coefficient (Wildman–Crippen LogP) is 4.58. The van der Waals surface area contributed by atoms with E-state index in [0.29, 0.717) is 17.1 Å². The number of nitrogens with one attached hydrogen (secondary N) is 1. The second kappa shape index (κ2) is 5.73. The van der Waals surface area contributed by atoms with Gasteiger partial charge in [-0.25, -0.2) is 0 Å². The molecule has 5 nitrogen and oxygen atoms in total. The Bertz CT molecular complexity index is 841. The molecule has 0 aliphatic heterocycles. The van der Waals surface area contributed by atoms with E-state index in [2.05, 4.69) is 15.5 Å². The number of nitrogens with zero attached hydrogens (tertiary/aromatic N) is 2. The number of rotatable bonds is 3. The smallest absolute Gasteiger partial charge is 0.143 e. The zero-order valence-electron chi connectivity index (χ0n) is 12.1. The summed E-state index contributed by atoms with van der Waals surface area (Å²) in [6, 6.07) is 16.4. The highest BCUT2D eigenvalue weighted by Gasteiger charge is 2.07. The maximum Gasteiger partial charge on any atom is 0.143 e. The van der Waals surface area contributed by atoms with Gasteiger partial charge in [-0.15, -0.1) is 5.11 Å². The highest BCUT2D eigenvalue weighted by atomic mass is 16.3. The lowest BCUT2D eigenvalue weighted by atomic mass is 10.1. The number of phenols is 1. The van der Waals surface area contributed by atoms with E-state index in [4.69, 9.17) is 5.73 Å². The molecule has 5 heteroatoms. The van der Waals surface area contributed by atoms with E-state index < -0.39 is 0 Å². The summed E-state index contributed by atoms with van der Waals surface area (Å²) in [7, 11) is 1.85. The molecular weight excluding hydrogens is 276 g/mol. The molecule has 0 aliphatic rings. The molecule has 3 aromatic rings. The van der Waals surface area contributed by atoms with Gasteiger partial charge in [-0.2, -0.15) is 5.11 Å². The normalized spacial score (nSPS) is 11.1. The van der Waals surface area contributed by atoms with E-state index in [0.717, 1.165) is 16.5 Å². The summed E-state index contributed by atoms with van der Waals surface area (Å²) >= 11 is 0. The molecule has 22 heavy (non-hydrogen) atoms. The standard InChI is InChI=1S/C17H16N4O/c1-19-14-6-2-11-3-9-16(22)17(15(11)10-14)21-20-13-7-4-12(18)5-8-13/h2-10,19,22H,18H2,1H3. The molecule has 0 fully saturated rings. The van der Waals surface area contributed by atoms with Crippen LogP contribution in [-0.4, -0.2) is 12.2 Å². The number of fused-ring (bicyclic) bond motifs is 1. The zero-order valence-corrected chi connectivity index (χ0v) is 12.1. The Morgan fingerprint density at radius 2 is 1.68 bits per heavy atom. The lowest BCUT2D eigenvalue weighted by molar-refractivity contribution is 0.477. The van der Waals surface area contributed by atoms with Gasteiger partial charge >= 0.3 is 0 Å². The second-order valence-electron chi connectivity index (χ2n) is 4.91. The first kappa shape index (κ1) is 13.9. The summed E-state index contributed by atoms with van der Waals surface area (Å²) in [5, 5.41) is 23.4. The van der Waals surface area contributed by atoms with Crippen molar-refractivity contribution < 1.29 is 5.11 Å². The molecule has 110 valence electrons. The average Bonchev–Trinajstić information content (AvgIpc) is 2.55. The monoisotopic (exact) mass is 292 g/mol. The van der Waals surface area contributed by atoms with Gasteiger partial charge in [0.05, 0.1) is 5.69 Å². The summed E-state index contributed by atoms with van der Waals surface area (Å²) in [6.45, 7) is 0. The summed E-state index contributed by atoms with van der Waals surface area (Å²) in [5.74, 6) is 0.0972. The van der Waals surface area contributed by atoms with E-state index in [1.165, 1.54) is 0 Å². The van der Waals surface area contributed by atoms with Crippen LogP contribution in [0.25, 0.3) is 10.8 Å². The molecule has 0 bridgehead atoms. The molecule has 3 rings (SSSR count). The molecule has 0 atom stereocenters. The maximum absolute atomic E-state index is 10.1. The predicted molar refractivity (Wildman–Crippen MR) is 90.2 cm³/mol. The lowest BCUT2D eigenvalue weighted by Gasteiger charge is -2.06. The Morgan fingerprint density at radius 3 is 2.41 bits per heavy atom. The van der Waals surface area contributed by atoms with Crippen molar-refractivity contribution >= 4 is 33.5 Å². The molecule has 0 unspecified atom stereocenters. The maximum atomic E-state index is 10.1. The van der Waals surface area contributed by atoms with Gasteiger partial charge in [0.2, 0.25) is 0 Å². The average molecular weight is 292 g/mol. The molecule has 0 amide bonds. The largest absolute Gasteiger partial charge is 0.506 e. The van der Waals surface area contributed by atoms with Crippen LogP contribution in [0.15, 0.2) is 64.8 Å². The van der Waals surface area contributed by atoms with E-state index >= 15 is 0 Å². The van der Waals surface area contributed by atoms with Crippen LogP contribution in [0.1, 0.15) is 0 Å². The molecule has 0 saturated carbocycles. The van der Waals surface area contributed by atoms with Crippen molar-refractivity contribution in [2.45, 2.75) is 0 Å². The zero-order chi connectivity index (χ0) is 15.5. The van der Waals surface area contributed by atoms with Crippen molar-refractivity contribution in [1.29, 1.82) is 0 Å². The second-order valence-corrected chi connectivity index (χ2v) is 4.91. The van der Waals surface area contributed by atoms with Crippen LogP contribution in [0.3, 0.4) is 0 Å². The molecular formula is C17H16N4O. The third-order valence-corrected chi connectivity index (χ3v) is 3.42. The van der Waals surface area contributed by atoms with Crippen molar-refractivity contribution in [2.24, 2.45) is 10.2 Å². The highest BCUT2D eigenvalue weighted by molar-refractivity contribution is 5.97. The summed E-state index contributed by atoms with van der Waals surface area (Å²) < 4.78 is 0. The lowest BCUT2D eigenvalue weighted by Crippen LogP contribution is -1.87. The van der Waals surface area contributed by atoms with Gasteiger partial charge in [-0.1, -0.05) is 12.1 Å². The number of hydrogen-bond acceptors (Lipinski definition) is 5.